The van der Waals surface area contributed by atoms with Crippen molar-refractivity contribution in [3.05, 3.63) is 52.3 Å². The highest BCUT2D eigenvalue weighted by Crippen LogP contribution is 2.36. The second kappa shape index (κ2) is 7.59. The lowest BCUT2D eigenvalue weighted by Gasteiger charge is -2.26. The minimum atomic E-state index is -0.280. The molecule has 0 saturated carbocycles. The third kappa shape index (κ3) is 3.81. The van der Waals surface area contributed by atoms with E-state index in [-0.39, 0.29) is 24.2 Å². The first-order valence-electron chi connectivity index (χ1n) is 8.25. The Bertz CT molecular complexity index is 911. The molecule has 5 nitrogen and oxygen atoms in total. The lowest BCUT2D eigenvalue weighted by atomic mass is 10.0. The van der Waals surface area contributed by atoms with E-state index in [0.29, 0.717) is 18.2 Å². The summed E-state index contributed by atoms with van der Waals surface area (Å²) in [5.74, 6) is 1.42. The van der Waals surface area contributed by atoms with Gasteiger partial charge in [0.05, 0.1) is 6.04 Å². The Labute approximate surface area is 158 Å². The molecule has 8 heteroatoms. The topological polar surface area (TPSA) is 68.0 Å². The van der Waals surface area contributed by atoms with Gasteiger partial charge in [-0.15, -0.1) is 22.0 Å². The van der Waals surface area contributed by atoms with Crippen molar-refractivity contribution < 1.29 is 13.6 Å². The van der Waals surface area contributed by atoms with Crippen LogP contribution < -0.4 is 5.32 Å². The van der Waals surface area contributed by atoms with Gasteiger partial charge in [-0.3, -0.25) is 4.79 Å². The smallest absolute Gasteiger partial charge is 0.248 e. The molecular formula is C18H16FN3O2S2. The maximum atomic E-state index is 13.5. The van der Waals surface area contributed by atoms with Gasteiger partial charge >= 0.3 is 0 Å². The Morgan fingerprint density at radius 3 is 3.12 bits per heavy atom. The third-order valence-electron chi connectivity index (χ3n) is 4.15. The monoisotopic (exact) mass is 389 g/mol. The van der Waals surface area contributed by atoms with Gasteiger partial charge in [-0.05, 0) is 41.6 Å². The van der Waals surface area contributed by atoms with Crippen molar-refractivity contribution in [1.82, 2.24) is 15.5 Å². The molecule has 0 saturated heterocycles. The van der Waals surface area contributed by atoms with Crippen LogP contribution in [0, 0.1) is 5.82 Å². The van der Waals surface area contributed by atoms with E-state index in [2.05, 4.69) is 15.5 Å². The van der Waals surface area contributed by atoms with Gasteiger partial charge < -0.3 is 9.73 Å². The first-order chi connectivity index (χ1) is 12.7. The van der Waals surface area contributed by atoms with Crippen LogP contribution in [0.5, 0.6) is 0 Å². The molecule has 0 radical (unpaired) electrons. The number of benzene rings is 1. The Morgan fingerprint density at radius 2 is 2.27 bits per heavy atom. The molecule has 1 amide bonds. The summed E-state index contributed by atoms with van der Waals surface area (Å²) in [7, 11) is 0. The molecule has 3 aromatic rings. The van der Waals surface area contributed by atoms with Crippen molar-refractivity contribution in [2.24, 2.45) is 0 Å². The van der Waals surface area contributed by atoms with Crippen LogP contribution in [0.25, 0.3) is 11.5 Å². The Morgan fingerprint density at radius 1 is 1.35 bits per heavy atom. The fourth-order valence-corrected chi connectivity index (χ4v) is 4.59. The van der Waals surface area contributed by atoms with Gasteiger partial charge in [0.1, 0.15) is 5.82 Å². The summed E-state index contributed by atoms with van der Waals surface area (Å²) >= 11 is 3.25. The summed E-state index contributed by atoms with van der Waals surface area (Å²) in [5.41, 5.74) is 1.74. The SMILES string of the molecule is O=C(CCc1nnc(-c2ccsc2)o1)NC1CCSc2ccc(F)cc21. The number of halogens is 1. The van der Waals surface area contributed by atoms with Crippen molar-refractivity contribution in [1.29, 1.82) is 0 Å². The van der Waals surface area contributed by atoms with E-state index in [4.69, 9.17) is 4.42 Å². The van der Waals surface area contributed by atoms with Gasteiger partial charge in [0.25, 0.3) is 0 Å². The van der Waals surface area contributed by atoms with Gasteiger partial charge in [-0.2, -0.15) is 11.3 Å². The lowest BCUT2D eigenvalue weighted by molar-refractivity contribution is -0.121. The van der Waals surface area contributed by atoms with Crippen LogP contribution in [0.3, 0.4) is 0 Å². The number of hydrogen-bond acceptors (Lipinski definition) is 6. The molecule has 1 unspecified atom stereocenters. The fourth-order valence-electron chi connectivity index (χ4n) is 2.86. The van der Waals surface area contributed by atoms with Gasteiger partial charge in [0.15, 0.2) is 0 Å². The predicted molar refractivity (Wildman–Crippen MR) is 98.6 cm³/mol. The molecule has 134 valence electrons. The summed E-state index contributed by atoms with van der Waals surface area (Å²) in [6.45, 7) is 0. The van der Waals surface area contributed by atoms with E-state index < -0.39 is 0 Å². The molecule has 1 aromatic carbocycles. The normalized spacial score (nSPS) is 16.3. The molecule has 4 rings (SSSR count). The highest BCUT2D eigenvalue weighted by Gasteiger charge is 2.23. The number of fused-ring (bicyclic) bond motifs is 1. The van der Waals surface area contributed by atoms with Crippen LogP contribution in [0.2, 0.25) is 0 Å². The second-order valence-corrected chi connectivity index (χ2v) is 7.87. The van der Waals surface area contributed by atoms with Crippen molar-refractivity contribution in [3.8, 4) is 11.5 Å². The number of aromatic nitrogens is 2. The van der Waals surface area contributed by atoms with Crippen molar-refractivity contribution in [2.45, 2.75) is 30.2 Å². The molecule has 1 aliphatic heterocycles. The summed E-state index contributed by atoms with van der Waals surface area (Å²) in [5, 5.41) is 14.9. The van der Waals surface area contributed by atoms with Crippen LogP contribution in [0.1, 0.15) is 30.3 Å². The molecule has 1 atom stereocenters. The van der Waals surface area contributed by atoms with E-state index in [0.717, 1.165) is 28.2 Å². The van der Waals surface area contributed by atoms with Gasteiger partial charge in [0, 0.05) is 34.4 Å². The minimum absolute atomic E-state index is 0.104. The van der Waals surface area contributed by atoms with Crippen LogP contribution in [0.4, 0.5) is 4.39 Å². The summed E-state index contributed by atoms with van der Waals surface area (Å²) in [4.78, 5) is 13.3. The molecule has 1 aliphatic rings. The van der Waals surface area contributed by atoms with E-state index in [9.17, 15) is 9.18 Å². The van der Waals surface area contributed by atoms with Crippen LogP contribution in [-0.2, 0) is 11.2 Å². The Kier molecular flexibility index (Phi) is 5.03. The average molecular weight is 389 g/mol. The number of thiophene rings is 1. The molecule has 26 heavy (non-hydrogen) atoms. The standard InChI is InChI=1S/C18H16FN3O2S2/c19-12-1-2-15-13(9-12)14(6-8-26-15)20-16(23)3-4-17-21-22-18(24-17)11-5-7-25-10-11/h1-2,5,7,9-10,14H,3-4,6,8H2,(H,20,23). The number of carbonyl (C=O) groups is 1. The van der Waals surface area contributed by atoms with Gasteiger partial charge in [0.2, 0.25) is 17.7 Å². The molecule has 3 heterocycles. The van der Waals surface area contributed by atoms with Crippen LogP contribution in [0.15, 0.2) is 44.3 Å². The number of nitrogens with one attached hydrogen (secondary N) is 1. The highest BCUT2D eigenvalue weighted by molar-refractivity contribution is 7.99. The zero-order valence-electron chi connectivity index (χ0n) is 13.8. The first kappa shape index (κ1) is 17.2. The maximum absolute atomic E-state index is 13.5. The summed E-state index contributed by atoms with van der Waals surface area (Å²) < 4.78 is 19.1. The Balaban J connectivity index is 1.36. The van der Waals surface area contributed by atoms with Crippen LogP contribution >= 0.6 is 23.1 Å². The summed E-state index contributed by atoms with van der Waals surface area (Å²) in [6, 6.07) is 6.50. The summed E-state index contributed by atoms with van der Waals surface area (Å²) in [6.07, 6.45) is 1.41. The van der Waals surface area contributed by atoms with Gasteiger partial charge in [-0.25, -0.2) is 4.39 Å². The lowest BCUT2D eigenvalue weighted by Crippen LogP contribution is -2.30. The molecule has 0 spiro atoms. The fraction of sp³-hybridized carbons (Fsp3) is 0.278. The van der Waals surface area contributed by atoms with Crippen LogP contribution in [-0.4, -0.2) is 21.9 Å². The molecular weight excluding hydrogens is 373 g/mol. The number of hydrogen-bond donors (Lipinski definition) is 1. The van der Waals surface area contributed by atoms with Gasteiger partial charge in [-0.1, -0.05) is 0 Å². The molecule has 2 aromatic heterocycles. The quantitative estimate of drug-likeness (QED) is 0.707. The zero-order valence-corrected chi connectivity index (χ0v) is 15.4. The van der Waals surface area contributed by atoms with E-state index >= 15 is 0 Å². The predicted octanol–water partition coefficient (Wildman–Crippen LogP) is 4.22. The number of rotatable bonds is 5. The maximum Gasteiger partial charge on any atom is 0.248 e. The van der Waals surface area contributed by atoms with E-state index in [1.807, 2.05) is 16.8 Å². The molecule has 0 aliphatic carbocycles. The van der Waals surface area contributed by atoms with E-state index in [1.54, 1.807) is 29.2 Å². The molecule has 0 fully saturated rings. The zero-order chi connectivity index (χ0) is 17.9. The first-order valence-corrected chi connectivity index (χ1v) is 10.2. The number of thioether (sulfide) groups is 1. The Hall–Kier alpha value is -2.19. The minimum Gasteiger partial charge on any atom is -0.421 e. The van der Waals surface area contributed by atoms with Crippen molar-refractivity contribution in [2.75, 3.05) is 5.75 Å². The second-order valence-electron chi connectivity index (χ2n) is 5.95. The molecule has 0 bridgehead atoms. The average Bonchev–Trinajstić information content (AvgIpc) is 3.32. The third-order valence-corrected chi connectivity index (χ3v) is 5.95. The molecule has 1 N–H and O–H groups in total. The van der Waals surface area contributed by atoms with E-state index in [1.165, 1.54) is 12.1 Å². The van der Waals surface area contributed by atoms with Crippen molar-refractivity contribution in [3.63, 3.8) is 0 Å². The number of nitrogens with zero attached hydrogens (tertiary/aromatic N) is 2. The number of carbonyl (C=O) groups excluding carboxylic acids is 1. The van der Waals surface area contributed by atoms with Crippen molar-refractivity contribution >= 4 is 29.0 Å². The highest BCUT2D eigenvalue weighted by atomic mass is 32.2. The number of aryl methyl sites for hydroxylation is 1. The number of amides is 1. The largest absolute Gasteiger partial charge is 0.421 e.